The highest BCUT2D eigenvalue weighted by atomic mass is 35.5. The Kier molecular flexibility index (Phi) is 15.7. The maximum Gasteiger partial charge on any atom is 0.175 e. The molecule has 1 unspecified atom stereocenters. The highest BCUT2D eigenvalue weighted by Gasteiger charge is 2.03. The third kappa shape index (κ3) is 13.2. The first-order valence-corrected chi connectivity index (χ1v) is 14.0. The highest BCUT2D eigenvalue weighted by Crippen LogP contribution is 2.15. The molecule has 13 nitrogen and oxygen atoms in total. The number of fused-ring (bicyclic) bond motifs is 1. The molecule has 228 valence electrons. The summed E-state index contributed by atoms with van der Waals surface area (Å²) in [6.07, 6.45) is 13.8. The average Bonchev–Trinajstić information content (AvgIpc) is 3.36. The summed E-state index contributed by atoms with van der Waals surface area (Å²) < 4.78 is 1.90. The molecule has 0 radical (unpaired) electrons. The summed E-state index contributed by atoms with van der Waals surface area (Å²) in [5.74, 6) is 0.964. The zero-order valence-corrected chi connectivity index (χ0v) is 26.7. The van der Waals surface area contributed by atoms with Crippen molar-refractivity contribution in [1.29, 1.82) is 0 Å². The predicted octanol–water partition coefficient (Wildman–Crippen LogP) is 5.53. The molecule has 5 aromatic rings. The molecule has 0 fully saturated rings. The van der Waals surface area contributed by atoms with Crippen molar-refractivity contribution >= 4 is 81.1 Å². The third-order valence-corrected chi connectivity index (χ3v) is 6.03. The Bertz CT molecular complexity index is 1570. The van der Waals surface area contributed by atoms with E-state index in [2.05, 4.69) is 50.5 Å². The number of carbonyl (C=O) groups is 1. The minimum atomic E-state index is -0.428. The van der Waals surface area contributed by atoms with Crippen LogP contribution in [0.4, 0.5) is 11.6 Å². The normalized spacial score (nSPS) is 10.6. The van der Waals surface area contributed by atoms with Crippen LogP contribution in [0, 0.1) is 6.92 Å². The summed E-state index contributed by atoms with van der Waals surface area (Å²) in [4.78, 5) is 41.3. The van der Waals surface area contributed by atoms with Gasteiger partial charge in [0.25, 0.3) is 0 Å². The van der Waals surface area contributed by atoms with Crippen LogP contribution in [0.1, 0.15) is 19.5 Å². The van der Waals surface area contributed by atoms with Gasteiger partial charge in [0.15, 0.2) is 43.0 Å². The van der Waals surface area contributed by atoms with Crippen molar-refractivity contribution in [3.05, 3.63) is 87.2 Å². The molecule has 0 aromatic carbocycles. The summed E-state index contributed by atoms with van der Waals surface area (Å²) in [6.45, 7) is 5.77. The third-order valence-electron chi connectivity index (χ3n) is 4.56. The average molecular weight is 690 g/mol. The summed E-state index contributed by atoms with van der Waals surface area (Å²) in [5.41, 5.74) is 1.77. The Morgan fingerprint density at radius 1 is 0.744 bits per heavy atom. The first-order valence-electron chi connectivity index (χ1n) is 12.1. The fourth-order valence-corrected chi connectivity index (χ4v) is 3.40. The topological polar surface area (TPSA) is 169 Å². The fourth-order valence-electron chi connectivity index (χ4n) is 2.65. The first kappa shape index (κ1) is 35.7. The van der Waals surface area contributed by atoms with Crippen LogP contribution >= 0.6 is 58.0 Å². The lowest BCUT2D eigenvalue weighted by Crippen LogP contribution is -2.16. The Morgan fingerprint density at radius 2 is 1.21 bits per heavy atom. The SMILES string of the molecule is CC(=O)CNc1nccnc1Cl.CC(O)CNc1nccnc1Cl.Cc1cnc2c(Cl)nccn12.Clc1nccnc1Cl. The molecule has 5 aromatic heterocycles. The molecule has 0 amide bonds. The van der Waals surface area contributed by atoms with Gasteiger partial charge in [0.2, 0.25) is 0 Å². The van der Waals surface area contributed by atoms with E-state index in [0.717, 1.165) is 5.69 Å². The number of aliphatic hydroxyl groups excluding tert-OH is 1. The van der Waals surface area contributed by atoms with E-state index in [1.54, 1.807) is 19.3 Å². The number of anilines is 2. The number of aliphatic hydroxyl groups is 1. The van der Waals surface area contributed by atoms with E-state index >= 15 is 0 Å². The van der Waals surface area contributed by atoms with E-state index in [4.69, 9.17) is 63.1 Å². The lowest BCUT2D eigenvalue weighted by atomic mass is 10.4. The molecule has 1 atom stereocenters. The van der Waals surface area contributed by atoms with E-state index in [-0.39, 0.29) is 27.8 Å². The van der Waals surface area contributed by atoms with Gasteiger partial charge in [0, 0.05) is 68.0 Å². The van der Waals surface area contributed by atoms with Gasteiger partial charge < -0.3 is 20.1 Å². The molecule has 0 aliphatic carbocycles. The molecule has 43 heavy (non-hydrogen) atoms. The molecular weight excluding hydrogens is 664 g/mol. The number of aryl methyl sites for hydroxylation is 1. The first-order chi connectivity index (χ1) is 20.5. The van der Waals surface area contributed by atoms with Crippen LogP contribution in [0.25, 0.3) is 5.65 Å². The number of hydrogen-bond donors (Lipinski definition) is 3. The van der Waals surface area contributed by atoms with Gasteiger partial charge in [-0.15, -0.1) is 0 Å². The second-order valence-corrected chi connectivity index (χ2v) is 9.92. The van der Waals surface area contributed by atoms with Crippen molar-refractivity contribution in [1.82, 2.24) is 44.3 Å². The number of Topliss-reactive ketones (excluding diaryl/α,β-unsaturated/α-hetero) is 1. The maximum atomic E-state index is 10.6. The fraction of sp³-hybridized carbons (Fsp3) is 0.240. The lowest BCUT2D eigenvalue weighted by Gasteiger charge is -2.07. The van der Waals surface area contributed by atoms with E-state index in [1.807, 2.05) is 17.5 Å². The zero-order valence-electron chi connectivity index (χ0n) is 23.0. The van der Waals surface area contributed by atoms with Crippen molar-refractivity contribution < 1.29 is 9.90 Å². The number of hydrogen-bond acceptors (Lipinski definition) is 12. The van der Waals surface area contributed by atoms with Crippen LogP contribution in [-0.4, -0.2) is 74.4 Å². The number of rotatable bonds is 6. The van der Waals surface area contributed by atoms with Gasteiger partial charge in [0.05, 0.1) is 12.6 Å². The molecule has 0 saturated heterocycles. The number of nitrogens with zero attached hydrogens (tertiary/aromatic N) is 9. The van der Waals surface area contributed by atoms with Gasteiger partial charge in [-0.25, -0.2) is 39.9 Å². The number of ketones is 1. The maximum absolute atomic E-state index is 10.6. The van der Waals surface area contributed by atoms with Crippen molar-refractivity contribution in [3.8, 4) is 0 Å². The van der Waals surface area contributed by atoms with Crippen molar-refractivity contribution in [2.24, 2.45) is 0 Å². The molecule has 0 bridgehead atoms. The molecule has 0 saturated carbocycles. The molecule has 5 heterocycles. The van der Waals surface area contributed by atoms with Crippen LogP contribution in [0.15, 0.2) is 55.8 Å². The smallest absolute Gasteiger partial charge is 0.175 e. The van der Waals surface area contributed by atoms with Crippen LogP contribution in [0.5, 0.6) is 0 Å². The number of halogens is 5. The van der Waals surface area contributed by atoms with Gasteiger partial charge in [-0.3, -0.25) is 4.79 Å². The number of nitrogens with one attached hydrogen (secondary N) is 2. The van der Waals surface area contributed by atoms with Crippen molar-refractivity contribution in [2.45, 2.75) is 26.9 Å². The van der Waals surface area contributed by atoms with Crippen molar-refractivity contribution in [2.75, 3.05) is 23.7 Å². The van der Waals surface area contributed by atoms with E-state index in [9.17, 15) is 4.79 Å². The van der Waals surface area contributed by atoms with Crippen LogP contribution < -0.4 is 10.6 Å². The van der Waals surface area contributed by atoms with Gasteiger partial charge in [-0.2, -0.15) is 0 Å². The molecule has 5 rings (SSSR count). The molecule has 0 aliphatic rings. The molecule has 0 spiro atoms. The van der Waals surface area contributed by atoms with Crippen molar-refractivity contribution in [3.63, 3.8) is 0 Å². The van der Waals surface area contributed by atoms with E-state index in [0.29, 0.717) is 34.1 Å². The van der Waals surface area contributed by atoms with Gasteiger partial charge in [0.1, 0.15) is 5.78 Å². The van der Waals surface area contributed by atoms with Gasteiger partial charge in [-0.05, 0) is 20.8 Å². The van der Waals surface area contributed by atoms with Crippen LogP contribution in [0.3, 0.4) is 0 Å². The van der Waals surface area contributed by atoms with Crippen LogP contribution in [0.2, 0.25) is 25.8 Å². The Hall–Kier alpha value is -3.46. The second kappa shape index (κ2) is 18.9. The number of imidazole rings is 1. The summed E-state index contributed by atoms with van der Waals surface area (Å²) >= 11 is 27.9. The molecule has 0 aliphatic heterocycles. The Labute approximate surface area is 272 Å². The second-order valence-electron chi connectivity index (χ2n) is 8.13. The lowest BCUT2D eigenvalue weighted by molar-refractivity contribution is -0.115. The minimum absolute atomic E-state index is 0.0247. The van der Waals surface area contributed by atoms with E-state index < -0.39 is 6.10 Å². The monoisotopic (exact) mass is 687 g/mol. The minimum Gasteiger partial charge on any atom is -0.392 e. The van der Waals surface area contributed by atoms with Gasteiger partial charge >= 0.3 is 0 Å². The molecular formula is C25H26Cl5N11O2. The standard InChI is InChI=1S/C7H10ClN3O.C7H8ClN3O.C7H6ClN3.C4H2Cl2N2/c2*1-5(12)4-11-7-6(8)9-2-3-10-7;1-5-4-10-7-6(8)9-2-3-11(5)7;5-3-4(6)8-2-1-7-3/h2-3,5,12H,4H2,1H3,(H,10,11);2-3H,4H2,1H3,(H,10,11);2-4H,1H3;1-2H. The summed E-state index contributed by atoms with van der Waals surface area (Å²) in [5, 5.41) is 16.1. The largest absolute Gasteiger partial charge is 0.392 e. The Balaban J connectivity index is 0.000000202. The number of aromatic nitrogens is 9. The molecule has 18 heteroatoms. The van der Waals surface area contributed by atoms with Crippen LogP contribution in [-0.2, 0) is 4.79 Å². The molecule has 3 N–H and O–H groups in total. The zero-order chi connectivity index (χ0) is 31.8. The number of carbonyl (C=O) groups excluding carboxylic acids is 1. The summed E-state index contributed by atoms with van der Waals surface area (Å²) in [6, 6.07) is 0. The predicted molar refractivity (Wildman–Crippen MR) is 168 cm³/mol. The van der Waals surface area contributed by atoms with Gasteiger partial charge in [-0.1, -0.05) is 58.0 Å². The highest BCUT2D eigenvalue weighted by molar-refractivity contribution is 6.40. The quantitative estimate of drug-likeness (QED) is 0.204. The summed E-state index contributed by atoms with van der Waals surface area (Å²) in [7, 11) is 0. The Morgan fingerprint density at radius 3 is 1.65 bits per heavy atom. The van der Waals surface area contributed by atoms with E-state index in [1.165, 1.54) is 44.1 Å².